The molecule has 0 spiro atoms. The Bertz CT molecular complexity index is 718. The topological polar surface area (TPSA) is 99.9 Å². The van der Waals surface area contributed by atoms with Crippen molar-refractivity contribution in [1.82, 2.24) is 20.5 Å². The van der Waals surface area contributed by atoms with Gasteiger partial charge in [0, 0.05) is 13.0 Å². The lowest BCUT2D eigenvalue weighted by molar-refractivity contribution is -0.123. The summed E-state index contributed by atoms with van der Waals surface area (Å²) in [6.45, 7) is 6.28. The number of aromatic amines is 2. The van der Waals surface area contributed by atoms with Crippen molar-refractivity contribution in [2.45, 2.75) is 27.2 Å². The molecule has 0 aliphatic carbocycles. The van der Waals surface area contributed by atoms with E-state index in [2.05, 4.69) is 20.5 Å². The molecule has 0 bridgehead atoms. The van der Waals surface area contributed by atoms with Crippen LogP contribution in [0.5, 0.6) is 5.75 Å². The first kappa shape index (κ1) is 15.8. The van der Waals surface area contributed by atoms with Crippen molar-refractivity contribution in [2.24, 2.45) is 0 Å². The number of benzene rings is 1. The molecule has 0 fully saturated rings. The summed E-state index contributed by atoms with van der Waals surface area (Å²) in [7, 11) is 0. The normalized spacial score (nSPS) is 10.5. The molecular weight excluding hydrogens is 284 g/mol. The Morgan fingerprint density at radius 2 is 2.00 bits per heavy atom. The van der Waals surface area contributed by atoms with Gasteiger partial charge in [-0.1, -0.05) is 12.1 Å². The molecule has 3 N–H and O–H groups in total. The van der Waals surface area contributed by atoms with Crippen molar-refractivity contribution >= 4 is 5.91 Å². The van der Waals surface area contributed by atoms with Crippen LogP contribution in [-0.2, 0) is 11.2 Å². The summed E-state index contributed by atoms with van der Waals surface area (Å²) in [5.74, 6) is 1.06. The predicted octanol–water partition coefficient (Wildman–Crippen LogP) is 0.761. The number of carbonyl (C=O) groups is 1. The van der Waals surface area contributed by atoms with Crippen LogP contribution in [0.1, 0.15) is 22.5 Å². The van der Waals surface area contributed by atoms with Gasteiger partial charge in [-0.3, -0.25) is 9.78 Å². The average Bonchev–Trinajstić information content (AvgIpc) is 2.89. The third-order valence-corrected chi connectivity index (χ3v) is 3.46. The second-order valence-corrected chi connectivity index (χ2v) is 5.17. The van der Waals surface area contributed by atoms with Crippen LogP contribution in [0.4, 0.5) is 0 Å². The molecule has 0 aliphatic rings. The molecule has 22 heavy (non-hydrogen) atoms. The zero-order chi connectivity index (χ0) is 16.1. The lowest BCUT2D eigenvalue weighted by atomic mass is 10.1. The van der Waals surface area contributed by atoms with Crippen molar-refractivity contribution in [2.75, 3.05) is 13.2 Å². The van der Waals surface area contributed by atoms with Gasteiger partial charge in [0.15, 0.2) is 6.61 Å². The monoisotopic (exact) mass is 304 g/mol. The molecule has 2 rings (SSSR count). The number of amides is 1. The van der Waals surface area contributed by atoms with Crippen LogP contribution in [0.15, 0.2) is 16.9 Å². The number of aromatic nitrogens is 3. The van der Waals surface area contributed by atoms with E-state index in [-0.39, 0.29) is 18.2 Å². The number of hydrogen-bond donors (Lipinski definition) is 3. The number of hydrogen-bond acceptors (Lipinski definition) is 4. The Balaban J connectivity index is 1.81. The molecule has 2 aromatic rings. The highest BCUT2D eigenvalue weighted by atomic mass is 16.5. The highest BCUT2D eigenvalue weighted by Gasteiger charge is 2.09. The third kappa shape index (κ3) is 3.97. The van der Waals surface area contributed by atoms with Gasteiger partial charge in [0.05, 0.1) is 0 Å². The summed E-state index contributed by atoms with van der Waals surface area (Å²) >= 11 is 0. The minimum Gasteiger partial charge on any atom is -0.483 e. The SMILES string of the molecule is Cc1ccc(C)c(OCC(=O)NCCc2n[nH]c(=O)[nH]2)c1C. The van der Waals surface area contributed by atoms with Gasteiger partial charge in [-0.15, -0.1) is 0 Å². The van der Waals surface area contributed by atoms with Gasteiger partial charge in [-0.2, -0.15) is 5.10 Å². The van der Waals surface area contributed by atoms with Crippen LogP contribution >= 0.6 is 0 Å². The Morgan fingerprint density at radius 3 is 2.68 bits per heavy atom. The second-order valence-electron chi connectivity index (χ2n) is 5.17. The lowest BCUT2D eigenvalue weighted by Crippen LogP contribution is -2.31. The van der Waals surface area contributed by atoms with Gasteiger partial charge in [-0.05, 0) is 37.5 Å². The fraction of sp³-hybridized carbons (Fsp3) is 0.400. The molecule has 1 aromatic heterocycles. The predicted molar refractivity (Wildman–Crippen MR) is 82.1 cm³/mol. The molecule has 0 saturated carbocycles. The number of nitrogens with one attached hydrogen (secondary N) is 3. The Labute approximate surface area is 128 Å². The summed E-state index contributed by atoms with van der Waals surface area (Å²) in [6, 6.07) is 4.01. The maximum Gasteiger partial charge on any atom is 0.340 e. The number of carbonyl (C=O) groups excluding carboxylic acids is 1. The first-order chi connectivity index (χ1) is 10.5. The summed E-state index contributed by atoms with van der Waals surface area (Å²) in [5.41, 5.74) is 2.82. The molecule has 0 unspecified atom stereocenters. The van der Waals surface area contributed by atoms with E-state index >= 15 is 0 Å². The van der Waals surface area contributed by atoms with E-state index < -0.39 is 0 Å². The van der Waals surface area contributed by atoms with E-state index in [0.717, 1.165) is 22.4 Å². The number of rotatable bonds is 6. The lowest BCUT2D eigenvalue weighted by Gasteiger charge is -2.13. The fourth-order valence-electron chi connectivity index (χ4n) is 2.08. The first-order valence-corrected chi connectivity index (χ1v) is 7.07. The molecule has 1 heterocycles. The van der Waals surface area contributed by atoms with E-state index in [9.17, 15) is 9.59 Å². The van der Waals surface area contributed by atoms with Crippen LogP contribution in [0, 0.1) is 20.8 Å². The van der Waals surface area contributed by atoms with Gasteiger partial charge in [0.25, 0.3) is 5.91 Å². The van der Waals surface area contributed by atoms with Gasteiger partial charge in [-0.25, -0.2) is 9.89 Å². The van der Waals surface area contributed by atoms with Crippen molar-refractivity contribution in [3.63, 3.8) is 0 Å². The molecule has 0 saturated heterocycles. The summed E-state index contributed by atoms with van der Waals surface area (Å²) in [6.07, 6.45) is 0.451. The molecule has 7 nitrogen and oxygen atoms in total. The van der Waals surface area contributed by atoms with E-state index in [4.69, 9.17) is 4.74 Å². The second kappa shape index (κ2) is 6.93. The molecule has 7 heteroatoms. The zero-order valence-corrected chi connectivity index (χ0v) is 12.9. The van der Waals surface area contributed by atoms with Gasteiger partial charge >= 0.3 is 5.69 Å². The first-order valence-electron chi connectivity index (χ1n) is 7.07. The molecular formula is C15H20N4O3. The number of H-pyrrole nitrogens is 2. The quantitative estimate of drug-likeness (QED) is 0.733. The van der Waals surface area contributed by atoms with E-state index in [1.807, 2.05) is 32.9 Å². The standard InChI is InChI=1S/C15H20N4O3/c1-9-4-5-10(2)14(11(9)3)22-8-13(20)16-7-6-12-17-15(21)19-18-12/h4-5H,6-8H2,1-3H3,(H,16,20)(H2,17,18,19,21). The molecule has 1 aromatic carbocycles. The van der Waals surface area contributed by atoms with E-state index in [1.54, 1.807) is 0 Å². The summed E-state index contributed by atoms with van der Waals surface area (Å²) in [4.78, 5) is 25.2. The van der Waals surface area contributed by atoms with Gasteiger partial charge in [0.2, 0.25) is 0 Å². The highest BCUT2D eigenvalue weighted by Crippen LogP contribution is 2.25. The van der Waals surface area contributed by atoms with Crippen molar-refractivity contribution in [3.8, 4) is 5.75 Å². The molecule has 0 radical (unpaired) electrons. The van der Waals surface area contributed by atoms with Crippen molar-refractivity contribution in [3.05, 3.63) is 45.1 Å². The van der Waals surface area contributed by atoms with E-state index in [0.29, 0.717) is 18.8 Å². The van der Waals surface area contributed by atoms with E-state index in [1.165, 1.54) is 0 Å². The molecule has 0 atom stereocenters. The summed E-state index contributed by atoms with van der Waals surface area (Å²) < 4.78 is 5.63. The highest BCUT2D eigenvalue weighted by molar-refractivity contribution is 5.77. The molecule has 1 amide bonds. The minimum absolute atomic E-state index is 0.0395. The largest absolute Gasteiger partial charge is 0.483 e. The Hall–Kier alpha value is -2.57. The molecule has 0 aliphatic heterocycles. The summed E-state index contributed by atoms with van der Waals surface area (Å²) in [5, 5.41) is 8.76. The molecule has 118 valence electrons. The maximum absolute atomic E-state index is 11.8. The smallest absolute Gasteiger partial charge is 0.340 e. The van der Waals surface area contributed by atoms with Crippen LogP contribution < -0.4 is 15.7 Å². The van der Waals surface area contributed by atoms with Gasteiger partial charge in [0.1, 0.15) is 11.6 Å². The number of ether oxygens (including phenoxy) is 1. The van der Waals surface area contributed by atoms with Crippen molar-refractivity contribution < 1.29 is 9.53 Å². The maximum atomic E-state index is 11.8. The van der Waals surface area contributed by atoms with Crippen LogP contribution in [0.3, 0.4) is 0 Å². The zero-order valence-electron chi connectivity index (χ0n) is 12.9. The Kier molecular flexibility index (Phi) is 4.98. The Morgan fingerprint density at radius 1 is 1.27 bits per heavy atom. The number of aryl methyl sites for hydroxylation is 2. The minimum atomic E-state index is -0.352. The van der Waals surface area contributed by atoms with Crippen LogP contribution in [0.25, 0.3) is 0 Å². The van der Waals surface area contributed by atoms with Gasteiger partial charge < -0.3 is 10.1 Å². The fourth-order valence-corrected chi connectivity index (χ4v) is 2.08. The van der Waals surface area contributed by atoms with Crippen LogP contribution in [0.2, 0.25) is 0 Å². The third-order valence-electron chi connectivity index (χ3n) is 3.46. The number of nitrogens with zero attached hydrogens (tertiary/aromatic N) is 1. The average molecular weight is 304 g/mol. The van der Waals surface area contributed by atoms with Crippen LogP contribution in [-0.4, -0.2) is 34.2 Å². The van der Waals surface area contributed by atoms with Crippen molar-refractivity contribution in [1.29, 1.82) is 0 Å².